The molecule has 0 N–H and O–H groups in total. The van der Waals surface area contributed by atoms with Crippen LogP contribution in [0.1, 0.15) is 26.2 Å². The molecular formula is C9H14O4. The first-order chi connectivity index (χ1) is 6.13. The average molecular weight is 186 g/mol. The molecule has 0 aliphatic carbocycles. The molecule has 0 unspecified atom stereocenters. The Morgan fingerprint density at radius 3 is 3.00 bits per heavy atom. The van der Waals surface area contributed by atoms with E-state index in [4.69, 9.17) is 4.74 Å². The van der Waals surface area contributed by atoms with Crippen LogP contribution < -0.4 is 0 Å². The predicted octanol–water partition coefficient (Wildman–Crippen LogP) is 0.686. The Bertz CT molecular complexity index is 212. The van der Waals surface area contributed by atoms with E-state index in [0.29, 0.717) is 6.42 Å². The lowest BCUT2D eigenvalue weighted by molar-refractivity contribution is -0.154. The monoisotopic (exact) mass is 186 g/mol. The Hall–Kier alpha value is -0.900. The van der Waals surface area contributed by atoms with Gasteiger partial charge in [0.1, 0.15) is 6.10 Å². The molecule has 0 saturated carbocycles. The van der Waals surface area contributed by atoms with Crippen LogP contribution in [0.5, 0.6) is 0 Å². The lowest BCUT2D eigenvalue weighted by Crippen LogP contribution is -2.35. The Balaban J connectivity index is 2.46. The maximum atomic E-state index is 11.3. The van der Waals surface area contributed by atoms with Crippen molar-refractivity contribution in [1.82, 2.24) is 0 Å². The van der Waals surface area contributed by atoms with Gasteiger partial charge < -0.3 is 9.47 Å². The standard InChI is InChI=1S/C9H14O4/c1-6-3-4-7(10)8(13-6)5-9(11)12-2/h6,8H,3-5H2,1-2H3/t6-,8+/m1/s1. The van der Waals surface area contributed by atoms with Crippen LogP contribution in [-0.4, -0.2) is 31.1 Å². The first kappa shape index (κ1) is 10.2. The Morgan fingerprint density at radius 1 is 1.69 bits per heavy atom. The Labute approximate surface area is 77.2 Å². The molecule has 1 fully saturated rings. The number of ether oxygens (including phenoxy) is 2. The zero-order chi connectivity index (χ0) is 9.84. The van der Waals surface area contributed by atoms with Crippen molar-refractivity contribution in [2.45, 2.75) is 38.4 Å². The van der Waals surface area contributed by atoms with E-state index >= 15 is 0 Å². The van der Waals surface area contributed by atoms with Gasteiger partial charge in [-0.15, -0.1) is 0 Å². The van der Waals surface area contributed by atoms with Crippen LogP contribution in [0.15, 0.2) is 0 Å². The van der Waals surface area contributed by atoms with Crippen molar-refractivity contribution in [2.75, 3.05) is 7.11 Å². The molecule has 74 valence electrons. The number of carbonyl (C=O) groups excluding carboxylic acids is 2. The number of Topliss-reactive ketones (excluding diaryl/α,β-unsaturated/α-hetero) is 1. The van der Waals surface area contributed by atoms with Gasteiger partial charge >= 0.3 is 5.97 Å². The van der Waals surface area contributed by atoms with Gasteiger partial charge in [0, 0.05) is 6.42 Å². The van der Waals surface area contributed by atoms with Gasteiger partial charge in [-0.1, -0.05) is 0 Å². The zero-order valence-corrected chi connectivity index (χ0v) is 7.91. The number of rotatable bonds is 2. The molecule has 0 amide bonds. The van der Waals surface area contributed by atoms with E-state index in [1.165, 1.54) is 7.11 Å². The number of ketones is 1. The second-order valence-electron chi connectivity index (χ2n) is 3.22. The van der Waals surface area contributed by atoms with Crippen molar-refractivity contribution in [3.8, 4) is 0 Å². The van der Waals surface area contributed by atoms with Crippen molar-refractivity contribution in [1.29, 1.82) is 0 Å². The molecule has 0 aromatic carbocycles. The van der Waals surface area contributed by atoms with E-state index in [0.717, 1.165) is 6.42 Å². The van der Waals surface area contributed by atoms with Gasteiger partial charge in [-0.05, 0) is 13.3 Å². The summed E-state index contributed by atoms with van der Waals surface area (Å²) in [5.41, 5.74) is 0. The fraction of sp³-hybridized carbons (Fsp3) is 0.778. The molecule has 0 bridgehead atoms. The molecule has 1 saturated heterocycles. The van der Waals surface area contributed by atoms with E-state index in [1.54, 1.807) is 0 Å². The highest BCUT2D eigenvalue weighted by Gasteiger charge is 2.29. The zero-order valence-electron chi connectivity index (χ0n) is 7.91. The summed E-state index contributed by atoms with van der Waals surface area (Å²) in [7, 11) is 1.30. The molecule has 4 heteroatoms. The van der Waals surface area contributed by atoms with E-state index in [2.05, 4.69) is 4.74 Å². The summed E-state index contributed by atoms with van der Waals surface area (Å²) < 4.78 is 9.79. The van der Waals surface area contributed by atoms with Crippen molar-refractivity contribution >= 4 is 11.8 Å². The molecule has 1 heterocycles. The normalized spacial score (nSPS) is 28.6. The van der Waals surface area contributed by atoms with Crippen molar-refractivity contribution < 1.29 is 19.1 Å². The summed E-state index contributed by atoms with van der Waals surface area (Å²) in [4.78, 5) is 22.1. The molecule has 2 atom stereocenters. The maximum Gasteiger partial charge on any atom is 0.308 e. The third-order valence-electron chi connectivity index (χ3n) is 2.13. The molecule has 1 aliphatic heterocycles. The largest absolute Gasteiger partial charge is 0.469 e. The highest BCUT2D eigenvalue weighted by atomic mass is 16.5. The molecule has 0 aromatic rings. The van der Waals surface area contributed by atoms with Crippen molar-refractivity contribution in [3.63, 3.8) is 0 Å². The quantitative estimate of drug-likeness (QED) is 0.595. The lowest BCUT2D eigenvalue weighted by Gasteiger charge is -2.25. The summed E-state index contributed by atoms with van der Waals surface area (Å²) >= 11 is 0. The summed E-state index contributed by atoms with van der Waals surface area (Å²) in [6.45, 7) is 1.90. The van der Waals surface area contributed by atoms with Gasteiger partial charge in [0.05, 0.1) is 19.6 Å². The highest BCUT2D eigenvalue weighted by molar-refractivity contribution is 5.87. The van der Waals surface area contributed by atoms with Crippen LogP contribution in [-0.2, 0) is 19.1 Å². The molecule has 1 aliphatic rings. The maximum absolute atomic E-state index is 11.3. The van der Waals surface area contributed by atoms with Crippen molar-refractivity contribution in [2.24, 2.45) is 0 Å². The van der Waals surface area contributed by atoms with Gasteiger partial charge in [-0.3, -0.25) is 9.59 Å². The van der Waals surface area contributed by atoms with Crippen LogP contribution in [0.4, 0.5) is 0 Å². The van der Waals surface area contributed by atoms with E-state index in [-0.39, 0.29) is 18.3 Å². The first-order valence-corrected chi connectivity index (χ1v) is 4.38. The smallest absolute Gasteiger partial charge is 0.308 e. The second kappa shape index (κ2) is 4.37. The van der Waals surface area contributed by atoms with Crippen molar-refractivity contribution in [3.05, 3.63) is 0 Å². The fourth-order valence-corrected chi connectivity index (χ4v) is 1.33. The summed E-state index contributed by atoms with van der Waals surface area (Å²) in [5, 5.41) is 0. The number of hydrogen-bond acceptors (Lipinski definition) is 4. The Morgan fingerprint density at radius 2 is 2.38 bits per heavy atom. The molecule has 1 rings (SSSR count). The molecule has 0 aromatic heterocycles. The van der Waals surface area contributed by atoms with Gasteiger partial charge in [-0.25, -0.2) is 0 Å². The minimum absolute atomic E-state index is 0.00324. The van der Waals surface area contributed by atoms with E-state index in [1.807, 2.05) is 6.92 Å². The number of hydrogen-bond donors (Lipinski definition) is 0. The predicted molar refractivity (Wildman–Crippen MR) is 45.2 cm³/mol. The van der Waals surface area contributed by atoms with Gasteiger partial charge in [0.25, 0.3) is 0 Å². The van der Waals surface area contributed by atoms with Crippen LogP contribution in [0.2, 0.25) is 0 Å². The SMILES string of the molecule is COC(=O)C[C@@H]1O[C@H](C)CCC1=O. The molecule has 0 spiro atoms. The molecule has 13 heavy (non-hydrogen) atoms. The number of carbonyl (C=O) groups is 2. The summed E-state index contributed by atoms with van der Waals surface area (Å²) in [5.74, 6) is -0.393. The third-order valence-corrected chi connectivity index (χ3v) is 2.13. The van der Waals surface area contributed by atoms with Crippen LogP contribution in [0, 0.1) is 0 Å². The topological polar surface area (TPSA) is 52.6 Å². The molecular weight excluding hydrogens is 172 g/mol. The first-order valence-electron chi connectivity index (χ1n) is 4.38. The van der Waals surface area contributed by atoms with Crippen LogP contribution >= 0.6 is 0 Å². The molecule has 0 radical (unpaired) electrons. The molecule has 4 nitrogen and oxygen atoms in total. The van der Waals surface area contributed by atoms with Crippen LogP contribution in [0.25, 0.3) is 0 Å². The van der Waals surface area contributed by atoms with E-state index < -0.39 is 12.1 Å². The number of methoxy groups -OCH3 is 1. The number of esters is 1. The third kappa shape index (κ3) is 2.81. The lowest BCUT2D eigenvalue weighted by atomic mass is 10.0. The van der Waals surface area contributed by atoms with Gasteiger partial charge in [0.15, 0.2) is 5.78 Å². The minimum atomic E-state index is -0.587. The highest BCUT2D eigenvalue weighted by Crippen LogP contribution is 2.18. The van der Waals surface area contributed by atoms with Gasteiger partial charge in [0.2, 0.25) is 0 Å². The summed E-state index contributed by atoms with van der Waals surface area (Å²) in [6, 6.07) is 0. The van der Waals surface area contributed by atoms with Crippen LogP contribution in [0.3, 0.4) is 0 Å². The fourth-order valence-electron chi connectivity index (χ4n) is 1.33. The minimum Gasteiger partial charge on any atom is -0.469 e. The Kier molecular flexibility index (Phi) is 3.42. The average Bonchev–Trinajstić information content (AvgIpc) is 2.11. The van der Waals surface area contributed by atoms with Gasteiger partial charge in [-0.2, -0.15) is 0 Å². The summed E-state index contributed by atoms with van der Waals surface area (Å²) in [6.07, 6.45) is 0.766. The van der Waals surface area contributed by atoms with E-state index in [9.17, 15) is 9.59 Å². The second-order valence-corrected chi connectivity index (χ2v) is 3.22.